The van der Waals surface area contributed by atoms with Crippen LogP contribution in [-0.4, -0.2) is 39.7 Å². The van der Waals surface area contributed by atoms with E-state index in [-0.39, 0.29) is 22.3 Å². The van der Waals surface area contributed by atoms with Crippen LogP contribution in [0.15, 0.2) is 35.5 Å². The lowest BCUT2D eigenvalue weighted by atomic mass is 10.3. The van der Waals surface area contributed by atoms with Crippen molar-refractivity contribution < 1.29 is 17.9 Å². The topological polar surface area (TPSA) is 108 Å². The lowest BCUT2D eigenvalue weighted by Gasteiger charge is -2.21. The van der Waals surface area contributed by atoms with Gasteiger partial charge in [0, 0.05) is 12.7 Å². The van der Waals surface area contributed by atoms with E-state index >= 15 is 0 Å². The predicted octanol–water partition coefficient (Wildman–Crippen LogP) is 2.71. The van der Waals surface area contributed by atoms with Gasteiger partial charge in [-0.15, -0.1) is 0 Å². The zero-order chi connectivity index (χ0) is 19.7. The first-order valence-corrected chi connectivity index (χ1v) is 9.54. The van der Waals surface area contributed by atoms with E-state index in [1.165, 1.54) is 64.7 Å². The molecule has 0 saturated heterocycles. The molecular formula is C17H26N4O4S. The molecule has 0 unspecified atom stereocenters. The molecule has 0 bridgehead atoms. The van der Waals surface area contributed by atoms with Crippen LogP contribution >= 0.6 is 0 Å². The van der Waals surface area contributed by atoms with Gasteiger partial charge in [0.05, 0.1) is 19.1 Å². The van der Waals surface area contributed by atoms with Crippen LogP contribution in [0.3, 0.4) is 0 Å². The van der Waals surface area contributed by atoms with E-state index in [2.05, 4.69) is 23.8 Å². The highest BCUT2D eigenvalue weighted by Gasteiger charge is 2.27. The van der Waals surface area contributed by atoms with Crippen LogP contribution < -0.4 is 19.5 Å². The van der Waals surface area contributed by atoms with E-state index in [0.717, 1.165) is 4.31 Å². The minimum Gasteiger partial charge on any atom is -0.489 e. The molecule has 0 saturated carbocycles. The quantitative estimate of drug-likeness (QED) is 0.765. The summed E-state index contributed by atoms with van der Waals surface area (Å²) in [5.41, 5.74) is 6.05. The molecular weight excluding hydrogens is 356 g/mol. The fraction of sp³-hybridized carbons (Fsp3) is 0.412. The van der Waals surface area contributed by atoms with Crippen molar-refractivity contribution in [1.29, 1.82) is 0 Å². The Morgan fingerprint density at radius 1 is 1.04 bits per heavy atom. The van der Waals surface area contributed by atoms with Crippen molar-refractivity contribution in [2.24, 2.45) is 0 Å². The van der Waals surface area contributed by atoms with Gasteiger partial charge in [-0.1, -0.05) is 26.7 Å². The van der Waals surface area contributed by atoms with Gasteiger partial charge in [0.15, 0.2) is 5.82 Å². The van der Waals surface area contributed by atoms with Crippen molar-refractivity contribution in [2.45, 2.75) is 31.6 Å². The first-order valence-electron chi connectivity index (χ1n) is 8.10. The Bertz CT molecular complexity index is 793. The third kappa shape index (κ3) is 4.98. The average Bonchev–Trinajstić information content (AvgIpc) is 2.67. The number of nitrogens with zero attached hydrogens (tertiary/aromatic N) is 3. The van der Waals surface area contributed by atoms with Gasteiger partial charge in [-0.05, 0) is 24.3 Å². The number of nitrogen functional groups attached to an aromatic ring is 1. The summed E-state index contributed by atoms with van der Waals surface area (Å²) in [5.74, 6) is 0.351. The van der Waals surface area contributed by atoms with E-state index in [9.17, 15) is 8.42 Å². The predicted molar refractivity (Wildman–Crippen MR) is 102 cm³/mol. The van der Waals surface area contributed by atoms with Gasteiger partial charge in [-0.25, -0.2) is 17.7 Å². The van der Waals surface area contributed by atoms with E-state index in [1.54, 1.807) is 0 Å². The highest BCUT2D eigenvalue weighted by Crippen LogP contribution is 2.35. The molecule has 0 atom stereocenters. The maximum absolute atomic E-state index is 12.6. The first kappa shape index (κ1) is 21.5. The van der Waals surface area contributed by atoms with Crippen LogP contribution in [0.2, 0.25) is 0 Å². The van der Waals surface area contributed by atoms with E-state index in [1.807, 2.05) is 0 Å². The fourth-order valence-electron chi connectivity index (χ4n) is 1.81. The normalized spacial score (nSPS) is 10.5. The molecule has 1 aromatic heterocycles. The molecule has 9 heteroatoms. The van der Waals surface area contributed by atoms with Crippen molar-refractivity contribution in [3.05, 3.63) is 30.6 Å². The second kappa shape index (κ2) is 9.81. The molecule has 2 aromatic rings. The summed E-state index contributed by atoms with van der Waals surface area (Å²) < 4.78 is 36.5. The fourth-order valence-corrected chi connectivity index (χ4v) is 2.96. The maximum Gasteiger partial charge on any atom is 0.265 e. The van der Waals surface area contributed by atoms with Gasteiger partial charge in [0.25, 0.3) is 15.9 Å². The molecule has 0 aliphatic carbocycles. The molecule has 2 rings (SSSR count). The Morgan fingerprint density at radius 2 is 1.62 bits per heavy atom. The minimum atomic E-state index is -3.81. The van der Waals surface area contributed by atoms with E-state index in [0.29, 0.717) is 5.69 Å². The molecule has 1 heterocycles. The number of rotatable bonds is 6. The van der Waals surface area contributed by atoms with Crippen LogP contribution in [0.1, 0.15) is 26.7 Å². The maximum atomic E-state index is 12.6. The van der Waals surface area contributed by atoms with Crippen molar-refractivity contribution in [2.75, 3.05) is 31.3 Å². The molecule has 1 aromatic carbocycles. The average molecular weight is 382 g/mol. The molecule has 0 radical (unpaired) electrons. The van der Waals surface area contributed by atoms with Crippen molar-refractivity contribution >= 4 is 21.5 Å². The largest absolute Gasteiger partial charge is 0.489 e. The Morgan fingerprint density at radius 3 is 2.08 bits per heavy atom. The molecule has 144 valence electrons. The number of hydrogen-bond acceptors (Lipinski definition) is 7. The summed E-state index contributed by atoms with van der Waals surface area (Å²) >= 11 is 0. The standard InChI is InChI=1S/C13H16N4O4S.C4H10/c1-17(12-11(20-2)13(21-3)16-8-15-12)22(18,19)10-6-4-9(14)5-7-10;1-3-4-2/h4-8H,14H2,1-3H3;3-4H2,1-2H3. The molecule has 2 N–H and O–H groups in total. The molecule has 0 aliphatic heterocycles. The van der Waals surface area contributed by atoms with Gasteiger partial charge in [0.1, 0.15) is 6.33 Å². The van der Waals surface area contributed by atoms with Crippen LogP contribution in [0.25, 0.3) is 0 Å². The summed E-state index contributed by atoms with van der Waals surface area (Å²) in [5, 5.41) is 0. The van der Waals surface area contributed by atoms with Gasteiger partial charge >= 0.3 is 0 Å². The third-order valence-corrected chi connectivity index (χ3v) is 5.25. The second-order valence-electron chi connectivity index (χ2n) is 5.28. The van der Waals surface area contributed by atoms with Gasteiger partial charge in [-0.3, -0.25) is 0 Å². The number of benzene rings is 1. The number of anilines is 2. The molecule has 8 nitrogen and oxygen atoms in total. The number of aromatic nitrogens is 2. The van der Waals surface area contributed by atoms with Crippen LogP contribution in [-0.2, 0) is 10.0 Å². The number of ether oxygens (including phenoxy) is 2. The summed E-state index contributed by atoms with van der Waals surface area (Å²) in [6, 6.07) is 5.87. The molecule has 0 spiro atoms. The minimum absolute atomic E-state index is 0.0752. The number of nitrogens with two attached hydrogens (primary N) is 1. The Hall–Kier alpha value is -2.55. The summed E-state index contributed by atoms with van der Waals surface area (Å²) in [6.45, 7) is 4.36. The summed E-state index contributed by atoms with van der Waals surface area (Å²) in [4.78, 5) is 7.94. The smallest absolute Gasteiger partial charge is 0.265 e. The number of methoxy groups -OCH3 is 2. The van der Waals surface area contributed by atoms with Gasteiger partial charge in [0.2, 0.25) is 5.75 Å². The number of hydrogen-bond donors (Lipinski definition) is 1. The first-order chi connectivity index (χ1) is 12.3. The Balaban J connectivity index is 0.000000765. The van der Waals surface area contributed by atoms with Crippen molar-refractivity contribution in [3.63, 3.8) is 0 Å². The summed E-state index contributed by atoms with van der Waals surface area (Å²) in [7, 11) is 0.346. The molecule has 26 heavy (non-hydrogen) atoms. The third-order valence-electron chi connectivity index (χ3n) is 3.49. The Kier molecular flexibility index (Phi) is 8.11. The van der Waals surface area contributed by atoms with E-state index < -0.39 is 10.0 Å². The van der Waals surface area contributed by atoms with Gasteiger partial charge < -0.3 is 15.2 Å². The molecule has 0 aliphatic rings. The van der Waals surface area contributed by atoms with Crippen LogP contribution in [0.4, 0.5) is 11.5 Å². The number of sulfonamides is 1. The van der Waals surface area contributed by atoms with Gasteiger partial charge in [-0.2, -0.15) is 4.98 Å². The van der Waals surface area contributed by atoms with Crippen LogP contribution in [0.5, 0.6) is 11.6 Å². The highest BCUT2D eigenvalue weighted by molar-refractivity contribution is 7.92. The SMILES string of the molecule is CCCC.COc1ncnc(N(C)S(=O)(=O)c2ccc(N)cc2)c1OC. The molecule has 0 amide bonds. The summed E-state index contributed by atoms with van der Waals surface area (Å²) in [6.07, 6.45) is 3.84. The Labute approximate surface area is 155 Å². The number of unbranched alkanes of at least 4 members (excludes halogenated alkanes) is 1. The van der Waals surface area contributed by atoms with Crippen molar-refractivity contribution in [1.82, 2.24) is 9.97 Å². The lowest BCUT2D eigenvalue weighted by Crippen LogP contribution is -2.28. The van der Waals surface area contributed by atoms with Crippen molar-refractivity contribution in [3.8, 4) is 11.6 Å². The zero-order valence-electron chi connectivity index (χ0n) is 15.8. The second-order valence-corrected chi connectivity index (χ2v) is 7.25. The zero-order valence-corrected chi connectivity index (χ0v) is 16.6. The van der Waals surface area contributed by atoms with E-state index in [4.69, 9.17) is 15.2 Å². The monoisotopic (exact) mass is 382 g/mol. The highest BCUT2D eigenvalue weighted by atomic mass is 32.2. The molecule has 0 fully saturated rings. The lowest BCUT2D eigenvalue weighted by molar-refractivity contribution is 0.342. The van der Waals surface area contributed by atoms with Crippen LogP contribution in [0, 0.1) is 0 Å².